The Balaban J connectivity index is 1.90. The fourth-order valence-electron chi connectivity index (χ4n) is 3.43. The first kappa shape index (κ1) is 17.5. The minimum Gasteiger partial charge on any atom is -0.465 e. The first-order chi connectivity index (χ1) is 12.1. The smallest absolute Gasteiger partial charge is 0.319 e. The maximum atomic E-state index is 11.8. The lowest BCUT2D eigenvalue weighted by Gasteiger charge is -2.36. The SMILES string of the molecule is CCOC(=O)CNC1(c2nnnn2-c2ccc(C)cc2)CCCCC1. The molecule has 0 bridgehead atoms. The Kier molecular flexibility index (Phi) is 5.43. The molecule has 1 heterocycles. The topological polar surface area (TPSA) is 81.9 Å². The van der Waals surface area contributed by atoms with Crippen LogP contribution in [0.5, 0.6) is 0 Å². The third-order valence-corrected chi connectivity index (χ3v) is 4.76. The van der Waals surface area contributed by atoms with Crippen LogP contribution in [0.1, 0.15) is 50.4 Å². The highest BCUT2D eigenvalue weighted by Gasteiger charge is 2.39. The van der Waals surface area contributed by atoms with E-state index in [1.807, 2.05) is 38.1 Å². The Labute approximate surface area is 147 Å². The minimum absolute atomic E-state index is 0.161. The molecule has 7 nitrogen and oxygen atoms in total. The maximum absolute atomic E-state index is 11.8. The molecule has 0 radical (unpaired) electrons. The summed E-state index contributed by atoms with van der Waals surface area (Å²) in [5.74, 6) is 0.516. The number of rotatable bonds is 6. The van der Waals surface area contributed by atoms with Gasteiger partial charge in [0.05, 0.1) is 24.4 Å². The summed E-state index contributed by atoms with van der Waals surface area (Å²) in [5, 5.41) is 15.8. The molecule has 1 aromatic heterocycles. The van der Waals surface area contributed by atoms with Crippen LogP contribution in [0.25, 0.3) is 5.69 Å². The molecule has 0 saturated heterocycles. The van der Waals surface area contributed by atoms with Crippen molar-refractivity contribution in [3.05, 3.63) is 35.7 Å². The Bertz CT molecular complexity index is 705. The molecule has 134 valence electrons. The van der Waals surface area contributed by atoms with Gasteiger partial charge in [-0.05, 0) is 49.2 Å². The summed E-state index contributed by atoms with van der Waals surface area (Å²) in [6.45, 7) is 4.41. The summed E-state index contributed by atoms with van der Waals surface area (Å²) in [6, 6.07) is 8.11. The lowest BCUT2D eigenvalue weighted by Crippen LogP contribution is -2.48. The molecular formula is C18H25N5O2. The van der Waals surface area contributed by atoms with Crippen LogP contribution in [0.3, 0.4) is 0 Å². The van der Waals surface area contributed by atoms with E-state index in [1.165, 1.54) is 12.0 Å². The van der Waals surface area contributed by atoms with Gasteiger partial charge < -0.3 is 4.74 Å². The predicted molar refractivity (Wildman–Crippen MR) is 93.3 cm³/mol. The second kappa shape index (κ2) is 7.74. The van der Waals surface area contributed by atoms with E-state index in [9.17, 15) is 4.79 Å². The van der Waals surface area contributed by atoms with Crippen LogP contribution in [0.2, 0.25) is 0 Å². The molecule has 25 heavy (non-hydrogen) atoms. The average Bonchev–Trinajstić information content (AvgIpc) is 3.12. The molecule has 0 amide bonds. The lowest BCUT2D eigenvalue weighted by atomic mass is 9.80. The van der Waals surface area contributed by atoms with Crippen molar-refractivity contribution >= 4 is 5.97 Å². The van der Waals surface area contributed by atoms with Crippen molar-refractivity contribution in [2.75, 3.05) is 13.2 Å². The van der Waals surface area contributed by atoms with Gasteiger partial charge in [0.25, 0.3) is 0 Å². The second-order valence-electron chi connectivity index (χ2n) is 6.55. The van der Waals surface area contributed by atoms with Gasteiger partial charge in [0.2, 0.25) is 0 Å². The zero-order valence-electron chi connectivity index (χ0n) is 14.9. The van der Waals surface area contributed by atoms with Crippen LogP contribution in [0.4, 0.5) is 0 Å². The number of hydrogen-bond acceptors (Lipinski definition) is 6. The molecule has 3 rings (SSSR count). The van der Waals surface area contributed by atoms with E-state index in [2.05, 4.69) is 20.8 Å². The number of nitrogens with one attached hydrogen (secondary N) is 1. The Morgan fingerprint density at radius 1 is 1.24 bits per heavy atom. The third-order valence-electron chi connectivity index (χ3n) is 4.76. The molecule has 0 atom stereocenters. The van der Waals surface area contributed by atoms with Crippen LogP contribution in [0.15, 0.2) is 24.3 Å². The molecular weight excluding hydrogens is 318 g/mol. The summed E-state index contributed by atoms with van der Waals surface area (Å²) in [4.78, 5) is 11.8. The molecule has 0 spiro atoms. The molecule has 1 saturated carbocycles. The largest absolute Gasteiger partial charge is 0.465 e. The molecule has 0 unspecified atom stereocenters. The number of esters is 1. The van der Waals surface area contributed by atoms with Crippen molar-refractivity contribution in [3.63, 3.8) is 0 Å². The van der Waals surface area contributed by atoms with Crippen molar-refractivity contribution < 1.29 is 9.53 Å². The number of benzene rings is 1. The van der Waals surface area contributed by atoms with Gasteiger partial charge in [0, 0.05) is 0 Å². The fourth-order valence-corrected chi connectivity index (χ4v) is 3.43. The number of aryl methyl sites for hydroxylation is 1. The number of carbonyl (C=O) groups excluding carboxylic acids is 1. The molecule has 1 aliphatic rings. The van der Waals surface area contributed by atoms with Gasteiger partial charge in [-0.15, -0.1) is 5.10 Å². The summed E-state index contributed by atoms with van der Waals surface area (Å²) in [5.41, 5.74) is 1.71. The van der Waals surface area contributed by atoms with E-state index in [0.717, 1.165) is 37.2 Å². The van der Waals surface area contributed by atoms with Gasteiger partial charge >= 0.3 is 5.97 Å². The van der Waals surface area contributed by atoms with Crippen LogP contribution in [-0.2, 0) is 15.1 Å². The quantitative estimate of drug-likeness (QED) is 0.811. The molecule has 2 aromatic rings. The summed E-state index contributed by atoms with van der Waals surface area (Å²) in [6.07, 6.45) is 5.15. The fraction of sp³-hybridized carbons (Fsp3) is 0.556. The van der Waals surface area contributed by atoms with Crippen molar-refractivity contribution in [1.82, 2.24) is 25.5 Å². The highest BCUT2D eigenvalue weighted by Crippen LogP contribution is 2.36. The van der Waals surface area contributed by atoms with E-state index in [4.69, 9.17) is 4.74 Å². The first-order valence-electron chi connectivity index (χ1n) is 8.91. The summed E-state index contributed by atoms with van der Waals surface area (Å²) >= 11 is 0. The van der Waals surface area contributed by atoms with Crippen molar-refractivity contribution in [1.29, 1.82) is 0 Å². The van der Waals surface area contributed by atoms with Gasteiger partial charge in [-0.1, -0.05) is 37.0 Å². The van der Waals surface area contributed by atoms with Gasteiger partial charge in [0.1, 0.15) is 0 Å². The average molecular weight is 343 g/mol. The van der Waals surface area contributed by atoms with Crippen LogP contribution < -0.4 is 5.32 Å². The molecule has 1 fully saturated rings. The minimum atomic E-state index is -0.403. The molecule has 0 aliphatic heterocycles. The lowest BCUT2D eigenvalue weighted by molar-refractivity contribution is -0.142. The molecule has 1 aliphatic carbocycles. The van der Waals surface area contributed by atoms with E-state index >= 15 is 0 Å². The zero-order valence-corrected chi connectivity index (χ0v) is 14.9. The summed E-state index contributed by atoms with van der Waals surface area (Å²) in [7, 11) is 0. The molecule has 7 heteroatoms. The Morgan fingerprint density at radius 2 is 1.96 bits per heavy atom. The number of hydrogen-bond donors (Lipinski definition) is 1. The van der Waals surface area contributed by atoms with Gasteiger partial charge in [-0.3, -0.25) is 10.1 Å². The van der Waals surface area contributed by atoms with Crippen LogP contribution in [-0.4, -0.2) is 39.3 Å². The monoisotopic (exact) mass is 343 g/mol. The van der Waals surface area contributed by atoms with Crippen LogP contribution in [0, 0.1) is 6.92 Å². The van der Waals surface area contributed by atoms with Gasteiger partial charge in [-0.2, -0.15) is 4.68 Å². The van der Waals surface area contributed by atoms with E-state index in [1.54, 1.807) is 4.68 Å². The van der Waals surface area contributed by atoms with E-state index in [0.29, 0.717) is 6.61 Å². The Hall–Kier alpha value is -2.28. The summed E-state index contributed by atoms with van der Waals surface area (Å²) < 4.78 is 6.84. The Morgan fingerprint density at radius 3 is 2.64 bits per heavy atom. The normalized spacial score (nSPS) is 16.6. The number of tetrazole rings is 1. The maximum Gasteiger partial charge on any atom is 0.319 e. The van der Waals surface area contributed by atoms with Crippen molar-refractivity contribution in [2.24, 2.45) is 0 Å². The number of ether oxygens (including phenoxy) is 1. The first-order valence-corrected chi connectivity index (χ1v) is 8.91. The van der Waals surface area contributed by atoms with Gasteiger partial charge in [-0.25, -0.2) is 0 Å². The van der Waals surface area contributed by atoms with Crippen molar-refractivity contribution in [3.8, 4) is 5.69 Å². The third kappa shape index (κ3) is 3.87. The zero-order chi connectivity index (χ0) is 17.7. The van der Waals surface area contributed by atoms with E-state index in [-0.39, 0.29) is 12.5 Å². The van der Waals surface area contributed by atoms with Crippen LogP contribution >= 0.6 is 0 Å². The number of nitrogens with zero attached hydrogens (tertiary/aromatic N) is 4. The van der Waals surface area contributed by atoms with Crippen molar-refractivity contribution in [2.45, 2.75) is 51.5 Å². The van der Waals surface area contributed by atoms with E-state index < -0.39 is 5.54 Å². The standard InChI is InChI=1S/C18H25N5O2/c1-3-25-16(24)13-19-18(11-5-4-6-12-18)17-20-21-22-23(17)15-9-7-14(2)8-10-15/h7-10,19H,3-6,11-13H2,1-2H3. The highest BCUT2D eigenvalue weighted by atomic mass is 16.5. The second-order valence-corrected chi connectivity index (χ2v) is 6.55. The highest BCUT2D eigenvalue weighted by molar-refractivity contribution is 5.71. The predicted octanol–water partition coefficient (Wildman–Crippen LogP) is 2.28. The van der Waals surface area contributed by atoms with Gasteiger partial charge in [0.15, 0.2) is 5.82 Å². The molecule has 1 N–H and O–H groups in total. The molecule has 1 aromatic carbocycles. The number of carbonyl (C=O) groups is 1. The number of aromatic nitrogens is 4.